The van der Waals surface area contributed by atoms with Crippen LogP contribution in [0.5, 0.6) is 11.5 Å². The number of carbonyl (C=O) groups is 2. The van der Waals surface area contributed by atoms with Gasteiger partial charge in [-0.3, -0.25) is 9.59 Å². The van der Waals surface area contributed by atoms with Gasteiger partial charge in [-0.05, 0) is 50.5 Å². The predicted octanol–water partition coefficient (Wildman–Crippen LogP) is 3.56. The van der Waals surface area contributed by atoms with Crippen molar-refractivity contribution in [2.24, 2.45) is 5.92 Å². The lowest BCUT2D eigenvalue weighted by atomic mass is 9.97. The Bertz CT molecular complexity index is 709. The molecule has 0 saturated carbocycles. The van der Waals surface area contributed by atoms with Crippen LogP contribution in [0, 0.1) is 5.92 Å². The molecule has 0 atom stereocenters. The highest BCUT2D eigenvalue weighted by Crippen LogP contribution is 2.37. The molecule has 0 N–H and O–H groups in total. The number of halogens is 1. The molecule has 1 aliphatic heterocycles. The van der Waals surface area contributed by atoms with Crippen molar-refractivity contribution in [1.82, 2.24) is 4.90 Å². The molecular weight excluding hydrogens is 370 g/mol. The van der Waals surface area contributed by atoms with Gasteiger partial charge < -0.3 is 19.1 Å². The fraction of sp³-hybridized carbons (Fsp3) is 0.500. The minimum atomic E-state index is -0.205. The van der Waals surface area contributed by atoms with Gasteiger partial charge in [-0.25, -0.2) is 0 Å². The molecule has 6 nitrogen and oxygen atoms in total. The lowest BCUT2D eigenvalue weighted by molar-refractivity contribution is -0.148. The summed E-state index contributed by atoms with van der Waals surface area (Å²) in [5, 5.41) is 0.425. The van der Waals surface area contributed by atoms with Crippen LogP contribution in [0.2, 0.25) is 5.02 Å². The van der Waals surface area contributed by atoms with E-state index >= 15 is 0 Å². The van der Waals surface area contributed by atoms with Crippen molar-refractivity contribution in [3.05, 3.63) is 28.8 Å². The standard InChI is InChI=1S/C20H26ClNO5/c1-13(2)27-19-16(21)11-14(12-17(19)25-3)5-6-18(23)22-9-7-15(8-10-22)20(24)26-4/h5-6,11-13,15H,7-10H2,1-4H3/b6-5-. The summed E-state index contributed by atoms with van der Waals surface area (Å²) in [6.45, 7) is 4.89. The molecule has 148 valence electrons. The Morgan fingerprint density at radius 2 is 1.89 bits per heavy atom. The number of esters is 1. The first-order chi connectivity index (χ1) is 12.8. The molecule has 1 fully saturated rings. The summed E-state index contributed by atoms with van der Waals surface area (Å²) in [6.07, 6.45) is 4.40. The topological polar surface area (TPSA) is 65.1 Å². The van der Waals surface area contributed by atoms with Crippen LogP contribution in [0.25, 0.3) is 6.08 Å². The van der Waals surface area contributed by atoms with E-state index in [1.54, 1.807) is 30.2 Å². The molecule has 1 aromatic rings. The van der Waals surface area contributed by atoms with E-state index in [1.165, 1.54) is 13.2 Å². The van der Waals surface area contributed by atoms with Gasteiger partial charge in [0.2, 0.25) is 5.91 Å². The zero-order valence-electron chi connectivity index (χ0n) is 16.2. The maximum absolute atomic E-state index is 12.4. The SMILES string of the molecule is COC(=O)C1CCN(C(=O)/C=C\c2cc(Cl)c(OC(C)C)c(OC)c2)CC1. The third kappa shape index (κ3) is 5.63. The summed E-state index contributed by atoms with van der Waals surface area (Å²) < 4.78 is 15.8. The Kier molecular flexibility index (Phi) is 7.54. The number of piperidine rings is 1. The second-order valence-corrected chi connectivity index (χ2v) is 7.06. The fourth-order valence-electron chi connectivity index (χ4n) is 2.96. The summed E-state index contributed by atoms with van der Waals surface area (Å²) >= 11 is 6.30. The number of ether oxygens (including phenoxy) is 3. The van der Waals surface area contributed by atoms with E-state index in [0.29, 0.717) is 42.5 Å². The van der Waals surface area contributed by atoms with E-state index in [0.717, 1.165) is 5.56 Å². The highest BCUT2D eigenvalue weighted by atomic mass is 35.5. The number of benzene rings is 1. The van der Waals surface area contributed by atoms with Crippen molar-refractivity contribution in [1.29, 1.82) is 0 Å². The molecule has 1 heterocycles. The molecule has 1 saturated heterocycles. The normalized spacial score (nSPS) is 15.3. The summed E-state index contributed by atoms with van der Waals surface area (Å²) in [6, 6.07) is 3.51. The Labute approximate surface area is 165 Å². The second-order valence-electron chi connectivity index (χ2n) is 6.66. The first kappa shape index (κ1) is 21.1. The van der Waals surface area contributed by atoms with Crippen LogP contribution in [0.15, 0.2) is 18.2 Å². The van der Waals surface area contributed by atoms with Crippen LogP contribution in [0.3, 0.4) is 0 Å². The van der Waals surface area contributed by atoms with Crippen molar-refractivity contribution in [3.8, 4) is 11.5 Å². The average molecular weight is 396 g/mol. The van der Waals surface area contributed by atoms with E-state index in [1.807, 2.05) is 13.8 Å². The second kappa shape index (κ2) is 9.65. The lowest BCUT2D eigenvalue weighted by Crippen LogP contribution is -2.39. The smallest absolute Gasteiger partial charge is 0.308 e. The fourth-order valence-corrected chi connectivity index (χ4v) is 3.22. The van der Waals surface area contributed by atoms with Gasteiger partial charge in [-0.15, -0.1) is 0 Å². The maximum Gasteiger partial charge on any atom is 0.308 e. The zero-order valence-corrected chi connectivity index (χ0v) is 16.9. The Balaban J connectivity index is 2.04. The van der Waals surface area contributed by atoms with Crippen LogP contribution in [-0.2, 0) is 14.3 Å². The highest BCUT2D eigenvalue weighted by molar-refractivity contribution is 6.32. The molecule has 0 bridgehead atoms. The molecule has 1 amide bonds. The molecule has 27 heavy (non-hydrogen) atoms. The molecule has 1 aliphatic rings. The summed E-state index contributed by atoms with van der Waals surface area (Å²) in [7, 11) is 2.93. The molecular formula is C20H26ClNO5. The minimum Gasteiger partial charge on any atom is -0.493 e. The monoisotopic (exact) mass is 395 g/mol. The van der Waals surface area contributed by atoms with Crippen LogP contribution < -0.4 is 9.47 Å². The van der Waals surface area contributed by atoms with Gasteiger partial charge in [0.1, 0.15) is 0 Å². The highest BCUT2D eigenvalue weighted by Gasteiger charge is 2.27. The van der Waals surface area contributed by atoms with E-state index < -0.39 is 0 Å². The van der Waals surface area contributed by atoms with Crippen molar-refractivity contribution >= 4 is 29.6 Å². The molecule has 7 heteroatoms. The van der Waals surface area contributed by atoms with Crippen molar-refractivity contribution in [3.63, 3.8) is 0 Å². The van der Waals surface area contributed by atoms with E-state index in [2.05, 4.69) is 0 Å². The quantitative estimate of drug-likeness (QED) is 0.544. The first-order valence-corrected chi connectivity index (χ1v) is 9.32. The minimum absolute atomic E-state index is 0.0349. The summed E-state index contributed by atoms with van der Waals surface area (Å²) in [5.41, 5.74) is 0.741. The van der Waals surface area contributed by atoms with Gasteiger partial charge in [-0.2, -0.15) is 0 Å². The van der Waals surface area contributed by atoms with Crippen LogP contribution in [0.1, 0.15) is 32.3 Å². The van der Waals surface area contributed by atoms with Gasteiger partial charge in [0, 0.05) is 19.2 Å². The van der Waals surface area contributed by atoms with Crippen molar-refractivity contribution < 1.29 is 23.8 Å². The molecule has 2 rings (SSSR count). The van der Waals surface area contributed by atoms with Gasteiger partial charge in [0.15, 0.2) is 11.5 Å². The first-order valence-electron chi connectivity index (χ1n) is 8.94. The number of amides is 1. The van der Waals surface area contributed by atoms with E-state index in [-0.39, 0.29) is 23.9 Å². The Morgan fingerprint density at radius 3 is 2.44 bits per heavy atom. The zero-order chi connectivity index (χ0) is 20.0. The summed E-state index contributed by atoms with van der Waals surface area (Å²) in [5.74, 6) is 0.573. The molecule has 0 radical (unpaired) electrons. The van der Waals surface area contributed by atoms with Crippen molar-refractivity contribution in [2.75, 3.05) is 27.3 Å². The van der Waals surface area contributed by atoms with Gasteiger partial charge in [0.05, 0.1) is 31.3 Å². The number of hydrogen-bond donors (Lipinski definition) is 0. The Morgan fingerprint density at radius 1 is 1.22 bits per heavy atom. The van der Waals surface area contributed by atoms with Gasteiger partial charge in [-0.1, -0.05) is 11.6 Å². The molecule has 1 aromatic carbocycles. The van der Waals surface area contributed by atoms with Crippen molar-refractivity contribution in [2.45, 2.75) is 32.8 Å². The number of carbonyl (C=O) groups excluding carboxylic acids is 2. The van der Waals surface area contributed by atoms with Crippen LogP contribution >= 0.6 is 11.6 Å². The van der Waals surface area contributed by atoms with Gasteiger partial charge >= 0.3 is 5.97 Å². The third-order valence-electron chi connectivity index (χ3n) is 4.36. The maximum atomic E-state index is 12.4. The largest absolute Gasteiger partial charge is 0.493 e. The van der Waals surface area contributed by atoms with E-state index in [9.17, 15) is 9.59 Å². The van der Waals surface area contributed by atoms with Crippen LogP contribution in [0.4, 0.5) is 0 Å². The number of likely N-dealkylation sites (tertiary alicyclic amines) is 1. The van der Waals surface area contributed by atoms with Gasteiger partial charge in [0.25, 0.3) is 0 Å². The lowest BCUT2D eigenvalue weighted by Gasteiger charge is -2.29. The summed E-state index contributed by atoms with van der Waals surface area (Å²) in [4.78, 5) is 25.7. The molecule has 0 spiro atoms. The Hall–Kier alpha value is -2.21. The average Bonchev–Trinajstić information content (AvgIpc) is 2.66. The predicted molar refractivity (Wildman–Crippen MR) is 104 cm³/mol. The molecule has 0 aliphatic carbocycles. The number of hydrogen-bond acceptors (Lipinski definition) is 5. The number of rotatable bonds is 6. The number of nitrogens with zero attached hydrogens (tertiary/aromatic N) is 1. The number of methoxy groups -OCH3 is 2. The molecule has 0 aromatic heterocycles. The van der Waals surface area contributed by atoms with E-state index in [4.69, 9.17) is 25.8 Å². The third-order valence-corrected chi connectivity index (χ3v) is 4.65. The molecule has 0 unspecified atom stereocenters. The van der Waals surface area contributed by atoms with Crippen LogP contribution in [-0.4, -0.2) is 50.2 Å².